The number of halogens is 3. The number of nitro groups is 1. The molecule has 1 rings (SSSR count). The van der Waals surface area contributed by atoms with Gasteiger partial charge in [-0.05, 0) is 12.5 Å². The summed E-state index contributed by atoms with van der Waals surface area (Å²) in [6.45, 7) is 1.90. The van der Waals surface area contributed by atoms with Crippen molar-refractivity contribution in [3.05, 3.63) is 39.7 Å². The first kappa shape index (κ1) is 17.0. The van der Waals surface area contributed by atoms with Crippen molar-refractivity contribution in [2.24, 2.45) is 0 Å². The van der Waals surface area contributed by atoms with E-state index in [0.29, 0.717) is 17.1 Å². The second-order valence-corrected chi connectivity index (χ2v) is 5.43. The lowest BCUT2D eigenvalue weighted by Gasteiger charge is -2.30. The molecular weight excluding hydrogens is 399 g/mol. The monoisotopic (exact) mass is 410 g/mol. The highest BCUT2D eigenvalue weighted by atomic mass is 79.9. The minimum Gasteiger partial charge on any atom is -0.345 e. The van der Waals surface area contributed by atoms with Crippen LogP contribution in [0.1, 0.15) is 23.7 Å². The Balaban J connectivity index is 3.06. The SMILES string of the molecule is CCC(CBr)(CBr)NC(=O)c1cc(F)cc([N+](=O)[O-])c1. The van der Waals surface area contributed by atoms with Gasteiger partial charge in [0.05, 0.1) is 16.5 Å². The first-order valence-corrected chi connectivity index (χ1v) is 8.01. The second kappa shape index (κ2) is 7.12. The van der Waals surface area contributed by atoms with Gasteiger partial charge in [0.1, 0.15) is 5.82 Å². The largest absolute Gasteiger partial charge is 0.345 e. The first-order valence-electron chi connectivity index (χ1n) is 5.77. The van der Waals surface area contributed by atoms with Crippen molar-refractivity contribution < 1.29 is 14.1 Å². The van der Waals surface area contributed by atoms with E-state index < -0.39 is 27.9 Å². The molecule has 0 unspecified atom stereocenters. The van der Waals surface area contributed by atoms with Crippen molar-refractivity contribution in [1.29, 1.82) is 0 Å². The Morgan fingerprint density at radius 3 is 2.45 bits per heavy atom. The van der Waals surface area contributed by atoms with Crippen LogP contribution in [0.15, 0.2) is 18.2 Å². The summed E-state index contributed by atoms with van der Waals surface area (Å²) in [5.41, 5.74) is -1.05. The van der Waals surface area contributed by atoms with Gasteiger partial charge in [-0.15, -0.1) is 0 Å². The van der Waals surface area contributed by atoms with Crippen LogP contribution in [0, 0.1) is 15.9 Å². The second-order valence-electron chi connectivity index (χ2n) is 4.31. The van der Waals surface area contributed by atoms with Crippen LogP contribution in [-0.4, -0.2) is 27.0 Å². The van der Waals surface area contributed by atoms with E-state index in [0.717, 1.165) is 18.2 Å². The average Bonchev–Trinajstić information content (AvgIpc) is 2.44. The lowest BCUT2D eigenvalue weighted by Crippen LogP contribution is -2.51. The maximum Gasteiger partial charge on any atom is 0.273 e. The summed E-state index contributed by atoms with van der Waals surface area (Å²) in [5, 5.41) is 14.5. The van der Waals surface area contributed by atoms with Gasteiger partial charge in [0.2, 0.25) is 0 Å². The van der Waals surface area contributed by atoms with Gasteiger partial charge in [-0.3, -0.25) is 14.9 Å². The fraction of sp³-hybridized carbons (Fsp3) is 0.417. The van der Waals surface area contributed by atoms with Gasteiger partial charge in [-0.25, -0.2) is 4.39 Å². The molecule has 0 spiro atoms. The number of carbonyl (C=O) groups is 1. The van der Waals surface area contributed by atoms with Crippen LogP contribution in [0.5, 0.6) is 0 Å². The molecular formula is C12H13Br2FN2O3. The van der Waals surface area contributed by atoms with Crippen molar-refractivity contribution in [3.63, 3.8) is 0 Å². The van der Waals surface area contributed by atoms with Crippen LogP contribution < -0.4 is 5.32 Å². The number of benzene rings is 1. The zero-order chi connectivity index (χ0) is 15.3. The highest BCUT2D eigenvalue weighted by Gasteiger charge is 2.28. The third-order valence-corrected chi connectivity index (χ3v) is 5.07. The molecule has 5 nitrogen and oxygen atoms in total. The average molecular weight is 412 g/mol. The molecule has 1 amide bonds. The number of hydrogen-bond donors (Lipinski definition) is 1. The van der Waals surface area contributed by atoms with Gasteiger partial charge in [-0.2, -0.15) is 0 Å². The fourth-order valence-electron chi connectivity index (χ4n) is 1.50. The van der Waals surface area contributed by atoms with E-state index in [4.69, 9.17) is 0 Å². The van der Waals surface area contributed by atoms with Gasteiger partial charge in [-0.1, -0.05) is 38.8 Å². The molecule has 0 bridgehead atoms. The van der Waals surface area contributed by atoms with Gasteiger partial charge >= 0.3 is 0 Å². The van der Waals surface area contributed by atoms with Crippen LogP contribution in [0.2, 0.25) is 0 Å². The van der Waals surface area contributed by atoms with Crippen molar-refractivity contribution in [2.75, 3.05) is 10.7 Å². The van der Waals surface area contributed by atoms with Crippen molar-refractivity contribution in [3.8, 4) is 0 Å². The van der Waals surface area contributed by atoms with E-state index in [2.05, 4.69) is 37.2 Å². The van der Waals surface area contributed by atoms with Crippen molar-refractivity contribution in [2.45, 2.75) is 18.9 Å². The number of hydrogen-bond acceptors (Lipinski definition) is 3. The lowest BCUT2D eigenvalue weighted by molar-refractivity contribution is -0.385. The Morgan fingerprint density at radius 2 is 2.00 bits per heavy atom. The molecule has 0 aliphatic heterocycles. The Labute approximate surface area is 132 Å². The molecule has 0 heterocycles. The van der Waals surface area contributed by atoms with E-state index in [-0.39, 0.29) is 5.56 Å². The Morgan fingerprint density at radius 1 is 1.40 bits per heavy atom. The number of nitrogens with one attached hydrogen (secondary N) is 1. The third kappa shape index (κ3) is 3.99. The molecule has 110 valence electrons. The van der Waals surface area contributed by atoms with E-state index in [9.17, 15) is 19.3 Å². The highest BCUT2D eigenvalue weighted by molar-refractivity contribution is 9.09. The fourth-order valence-corrected chi connectivity index (χ4v) is 3.51. The third-order valence-electron chi connectivity index (χ3n) is 2.92. The predicted octanol–water partition coefficient (Wildman–Crippen LogP) is 3.40. The summed E-state index contributed by atoms with van der Waals surface area (Å²) in [5.74, 6) is -1.36. The van der Waals surface area contributed by atoms with Gasteiger partial charge in [0.15, 0.2) is 0 Å². The lowest BCUT2D eigenvalue weighted by atomic mass is 10.0. The molecule has 1 aromatic carbocycles. The van der Waals surface area contributed by atoms with Crippen LogP contribution in [0.3, 0.4) is 0 Å². The summed E-state index contributed by atoms with van der Waals surface area (Å²) >= 11 is 6.64. The zero-order valence-corrected chi connectivity index (χ0v) is 13.8. The molecule has 0 aliphatic rings. The molecule has 0 radical (unpaired) electrons. The van der Waals surface area contributed by atoms with E-state index in [1.807, 2.05) is 6.92 Å². The molecule has 1 N–H and O–H groups in total. The number of carbonyl (C=O) groups excluding carboxylic acids is 1. The zero-order valence-electron chi connectivity index (χ0n) is 10.7. The molecule has 0 fully saturated rings. The van der Waals surface area contributed by atoms with E-state index >= 15 is 0 Å². The van der Waals surface area contributed by atoms with Gasteiger partial charge in [0, 0.05) is 22.3 Å². The quantitative estimate of drug-likeness (QED) is 0.443. The summed E-state index contributed by atoms with van der Waals surface area (Å²) in [6.07, 6.45) is 0.645. The number of nitro benzene ring substituents is 1. The van der Waals surface area contributed by atoms with Gasteiger partial charge < -0.3 is 5.32 Å². The molecule has 0 saturated carbocycles. The minimum atomic E-state index is -0.816. The minimum absolute atomic E-state index is 0.0728. The van der Waals surface area contributed by atoms with Crippen LogP contribution in [0.25, 0.3) is 0 Å². The van der Waals surface area contributed by atoms with Crippen molar-refractivity contribution >= 4 is 43.5 Å². The van der Waals surface area contributed by atoms with Gasteiger partial charge in [0.25, 0.3) is 11.6 Å². The summed E-state index contributed by atoms with van der Waals surface area (Å²) in [4.78, 5) is 22.1. The molecule has 8 heteroatoms. The molecule has 0 atom stereocenters. The first-order chi connectivity index (χ1) is 9.37. The maximum atomic E-state index is 13.3. The molecule has 1 aromatic rings. The Kier molecular flexibility index (Phi) is 6.07. The van der Waals surface area contributed by atoms with E-state index in [1.165, 1.54) is 0 Å². The van der Waals surface area contributed by atoms with Crippen LogP contribution >= 0.6 is 31.9 Å². The summed E-state index contributed by atoms with van der Waals surface area (Å²) in [7, 11) is 0. The van der Waals surface area contributed by atoms with E-state index in [1.54, 1.807) is 0 Å². The molecule has 0 aromatic heterocycles. The van der Waals surface area contributed by atoms with Crippen molar-refractivity contribution in [1.82, 2.24) is 5.32 Å². The maximum absolute atomic E-state index is 13.3. The number of rotatable bonds is 6. The number of amides is 1. The smallest absolute Gasteiger partial charge is 0.273 e. The molecule has 0 aliphatic carbocycles. The Hall–Kier alpha value is -1.02. The summed E-state index contributed by atoms with van der Waals surface area (Å²) in [6, 6.07) is 2.81. The van der Waals surface area contributed by atoms with Crippen LogP contribution in [-0.2, 0) is 0 Å². The topological polar surface area (TPSA) is 72.2 Å². The number of non-ortho nitro benzene ring substituents is 1. The molecule has 20 heavy (non-hydrogen) atoms. The number of alkyl halides is 2. The predicted molar refractivity (Wildman–Crippen MR) is 81.1 cm³/mol. The summed E-state index contributed by atoms with van der Waals surface area (Å²) < 4.78 is 13.3. The normalized spacial score (nSPS) is 11.2. The highest BCUT2D eigenvalue weighted by Crippen LogP contribution is 2.20. The molecule has 0 saturated heterocycles. The number of nitrogens with zero attached hydrogens (tertiary/aromatic N) is 1. The standard InChI is InChI=1S/C12H13Br2FN2O3/c1-2-12(6-13,7-14)16-11(18)8-3-9(15)5-10(4-8)17(19)20/h3-5H,2,6-7H2,1H3,(H,16,18). The Bertz CT molecular complexity index is 513. The van der Waals surface area contributed by atoms with Crippen LogP contribution in [0.4, 0.5) is 10.1 Å².